The maximum atomic E-state index is 6.26. The molecule has 118 valence electrons. The van der Waals surface area contributed by atoms with Gasteiger partial charge >= 0.3 is 0 Å². The molecule has 0 amide bonds. The van der Waals surface area contributed by atoms with Crippen LogP contribution in [0.1, 0.15) is 32.9 Å². The van der Waals surface area contributed by atoms with Gasteiger partial charge in [0.1, 0.15) is 5.82 Å². The molecule has 4 nitrogen and oxygen atoms in total. The van der Waals surface area contributed by atoms with Crippen LogP contribution < -0.4 is 10.2 Å². The molecule has 1 aromatic heterocycles. The van der Waals surface area contributed by atoms with Gasteiger partial charge in [-0.15, -0.1) is 0 Å². The van der Waals surface area contributed by atoms with Crippen molar-refractivity contribution in [2.75, 3.05) is 25.1 Å². The van der Waals surface area contributed by atoms with Gasteiger partial charge in [-0.1, -0.05) is 25.4 Å². The summed E-state index contributed by atoms with van der Waals surface area (Å²) in [4.78, 5) is 6.93. The Kier molecular flexibility index (Phi) is 5.85. The summed E-state index contributed by atoms with van der Waals surface area (Å²) < 4.78 is 5.65. The predicted octanol–water partition coefficient (Wildman–Crippen LogP) is 3.09. The number of rotatable bonds is 6. The number of likely N-dealkylation sites (N-methyl/N-ethyl adjacent to an activating group) is 1. The third kappa shape index (κ3) is 4.31. The van der Waals surface area contributed by atoms with Gasteiger partial charge in [-0.25, -0.2) is 4.98 Å². The Morgan fingerprint density at radius 2 is 2.24 bits per heavy atom. The van der Waals surface area contributed by atoms with Gasteiger partial charge < -0.3 is 15.0 Å². The van der Waals surface area contributed by atoms with Crippen molar-refractivity contribution < 1.29 is 4.74 Å². The molecule has 0 bridgehead atoms. The maximum absolute atomic E-state index is 6.26. The van der Waals surface area contributed by atoms with E-state index in [-0.39, 0.29) is 6.10 Å². The van der Waals surface area contributed by atoms with Gasteiger partial charge in [0.25, 0.3) is 0 Å². The van der Waals surface area contributed by atoms with E-state index >= 15 is 0 Å². The molecule has 1 fully saturated rings. The zero-order valence-electron chi connectivity index (χ0n) is 13.4. The lowest BCUT2D eigenvalue weighted by Gasteiger charge is -2.28. The molecule has 2 rings (SSSR count). The van der Waals surface area contributed by atoms with Crippen LogP contribution in [0.25, 0.3) is 0 Å². The average molecular weight is 312 g/mol. The number of nitrogens with one attached hydrogen (secondary N) is 1. The van der Waals surface area contributed by atoms with E-state index in [2.05, 4.69) is 38.0 Å². The minimum atomic E-state index is 0.245. The monoisotopic (exact) mass is 311 g/mol. The van der Waals surface area contributed by atoms with Gasteiger partial charge in [0, 0.05) is 20.2 Å². The molecule has 1 aromatic rings. The van der Waals surface area contributed by atoms with E-state index in [1.807, 2.05) is 12.1 Å². The highest BCUT2D eigenvalue weighted by Gasteiger charge is 2.28. The fourth-order valence-electron chi connectivity index (χ4n) is 2.67. The molecule has 5 heteroatoms. The summed E-state index contributed by atoms with van der Waals surface area (Å²) >= 11 is 6.26. The Labute approximate surface area is 132 Å². The first-order chi connectivity index (χ1) is 9.99. The van der Waals surface area contributed by atoms with Crippen LogP contribution in [0.15, 0.2) is 12.1 Å². The second-order valence-electron chi connectivity index (χ2n) is 6.17. The molecule has 2 unspecified atom stereocenters. The molecule has 0 saturated carbocycles. The summed E-state index contributed by atoms with van der Waals surface area (Å²) in [5.74, 6) is 1.58. The van der Waals surface area contributed by atoms with Crippen LogP contribution in [-0.2, 0) is 11.3 Å². The van der Waals surface area contributed by atoms with Gasteiger partial charge in [0.15, 0.2) is 0 Å². The van der Waals surface area contributed by atoms with Gasteiger partial charge in [0.05, 0.1) is 22.9 Å². The van der Waals surface area contributed by atoms with Crippen molar-refractivity contribution in [3.8, 4) is 0 Å². The van der Waals surface area contributed by atoms with E-state index in [9.17, 15) is 0 Å². The number of anilines is 1. The lowest BCUT2D eigenvalue weighted by Crippen LogP contribution is -2.37. The third-order valence-electron chi connectivity index (χ3n) is 3.94. The van der Waals surface area contributed by atoms with Crippen molar-refractivity contribution in [3.05, 3.63) is 22.8 Å². The first-order valence-corrected chi connectivity index (χ1v) is 8.07. The van der Waals surface area contributed by atoms with Gasteiger partial charge in [-0.05, 0) is 37.9 Å². The van der Waals surface area contributed by atoms with E-state index < -0.39 is 0 Å². The molecule has 0 spiro atoms. The lowest BCUT2D eigenvalue weighted by atomic mass is 10.1. The molecular weight excluding hydrogens is 286 g/mol. The number of hydrogen-bond donors (Lipinski definition) is 1. The van der Waals surface area contributed by atoms with Gasteiger partial charge in [-0.2, -0.15) is 0 Å². The SMILES string of the molecule is CC(C)CNCc1nc(N(C)C2CCOC2C)ccc1Cl. The molecule has 1 aliphatic rings. The fraction of sp³-hybridized carbons (Fsp3) is 0.688. The Morgan fingerprint density at radius 3 is 2.86 bits per heavy atom. The van der Waals surface area contributed by atoms with Crippen LogP contribution >= 0.6 is 11.6 Å². The van der Waals surface area contributed by atoms with Crippen molar-refractivity contribution >= 4 is 17.4 Å². The van der Waals surface area contributed by atoms with Crippen LogP contribution in [0.2, 0.25) is 5.02 Å². The zero-order chi connectivity index (χ0) is 15.4. The predicted molar refractivity (Wildman–Crippen MR) is 88.0 cm³/mol. The smallest absolute Gasteiger partial charge is 0.129 e. The highest BCUT2D eigenvalue weighted by molar-refractivity contribution is 6.31. The molecule has 1 N–H and O–H groups in total. The molecule has 2 heterocycles. The number of halogens is 1. The quantitative estimate of drug-likeness (QED) is 0.876. The van der Waals surface area contributed by atoms with E-state index in [0.29, 0.717) is 18.5 Å². The van der Waals surface area contributed by atoms with Crippen LogP contribution in [0.4, 0.5) is 5.82 Å². The van der Waals surface area contributed by atoms with E-state index in [1.165, 1.54) is 0 Å². The Hall–Kier alpha value is -0.840. The summed E-state index contributed by atoms with van der Waals surface area (Å²) in [6, 6.07) is 4.31. The minimum Gasteiger partial charge on any atom is -0.376 e. The highest BCUT2D eigenvalue weighted by Crippen LogP contribution is 2.25. The lowest BCUT2D eigenvalue weighted by molar-refractivity contribution is 0.118. The first kappa shape index (κ1) is 16.5. The van der Waals surface area contributed by atoms with Crippen LogP contribution in [0.3, 0.4) is 0 Å². The highest BCUT2D eigenvalue weighted by atomic mass is 35.5. The number of aromatic nitrogens is 1. The van der Waals surface area contributed by atoms with E-state index in [4.69, 9.17) is 21.3 Å². The second-order valence-corrected chi connectivity index (χ2v) is 6.57. The molecule has 21 heavy (non-hydrogen) atoms. The zero-order valence-corrected chi connectivity index (χ0v) is 14.2. The summed E-state index contributed by atoms with van der Waals surface area (Å²) in [6.45, 7) is 8.99. The summed E-state index contributed by atoms with van der Waals surface area (Å²) in [5, 5.41) is 4.12. The molecule has 1 aliphatic heterocycles. The maximum Gasteiger partial charge on any atom is 0.129 e. The van der Waals surface area contributed by atoms with Crippen molar-refractivity contribution in [1.82, 2.24) is 10.3 Å². The number of ether oxygens (including phenoxy) is 1. The van der Waals surface area contributed by atoms with E-state index in [1.54, 1.807) is 0 Å². The molecular formula is C16H26ClN3O. The van der Waals surface area contributed by atoms with Crippen molar-refractivity contribution in [2.24, 2.45) is 5.92 Å². The molecule has 0 radical (unpaired) electrons. The van der Waals surface area contributed by atoms with Gasteiger partial charge in [-0.3, -0.25) is 0 Å². The van der Waals surface area contributed by atoms with Gasteiger partial charge in [0.2, 0.25) is 0 Å². The number of pyridine rings is 1. The Morgan fingerprint density at radius 1 is 1.48 bits per heavy atom. The van der Waals surface area contributed by atoms with Crippen LogP contribution in [0, 0.1) is 5.92 Å². The molecule has 0 aromatic carbocycles. The Balaban J connectivity index is 2.06. The molecule has 2 atom stereocenters. The largest absolute Gasteiger partial charge is 0.376 e. The number of nitrogens with zero attached hydrogens (tertiary/aromatic N) is 2. The van der Waals surface area contributed by atoms with Crippen molar-refractivity contribution in [2.45, 2.75) is 45.9 Å². The van der Waals surface area contributed by atoms with Crippen LogP contribution in [0.5, 0.6) is 0 Å². The van der Waals surface area contributed by atoms with Crippen molar-refractivity contribution in [1.29, 1.82) is 0 Å². The summed E-state index contributed by atoms with van der Waals surface area (Å²) in [5.41, 5.74) is 0.910. The summed E-state index contributed by atoms with van der Waals surface area (Å²) in [7, 11) is 2.08. The fourth-order valence-corrected chi connectivity index (χ4v) is 2.84. The standard InChI is InChI=1S/C16H26ClN3O/c1-11(2)9-18-10-14-13(17)5-6-16(19-14)20(4)15-7-8-21-12(15)3/h5-6,11-12,15,18H,7-10H2,1-4H3. The minimum absolute atomic E-state index is 0.245. The number of hydrogen-bond acceptors (Lipinski definition) is 4. The second kappa shape index (κ2) is 7.43. The van der Waals surface area contributed by atoms with Crippen LogP contribution in [-0.4, -0.2) is 37.3 Å². The Bertz CT molecular complexity index is 467. The summed E-state index contributed by atoms with van der Waals surface area (Å²) in [6.07, 6.45) is 1.29. The third-order valence-corrected chi connectivity index (χ3v) is 4.29. The topological polar surface area (TPSA) is 37.4 Å². The molecule has 1 saturated heterocycles. The van der Waals surface area contributed by atoms with Crippen molar-refractivity contribution in [3.63, 3.8) is 0 Å². The average Bonchev–Trinajstić information content (AvgIpc) is 2.86. The molecule has 0 aliphatic carbocycles. The van der Waals surface area contributed by atoms with E-state index in [0.717, 1.165) is 36.1 Å². The normalized spacial score (nSPS) is 22.0. The first-order valence-electron chi connectivity index (χ1n) is 7.69.